The molecule has 1 aliphatic carbocycles. The maximum Gasteiger partial charge on any atom is 0.391 e. The van der Waals surface area contributed by atoms with Gasteiger partial charge in [0, 0.05) is 19.6 Å². The van der Waals surface area contributed by atoms with Crippen LogP contribution in [0.2, 0.25) is 0 Å². The van der Waals surface area contributed by atoms with Crippen molar-refractivity contribution in [2.75, 3.05) is 7.05 Å². The third kappa shape index (κ3) is 5.15. The zero-order chi connectivity index (χ0) is 17.6. The van der Waals surface area contributed by atoms with Gasteiger partial charge in [0.05, 0.1) is 17.6 Å². The van der Waals surface area contributed by atoms with Gasteiger partial charge in [0.2, 0.25) is 0 Å². The second-order valence-corrected chi connectivity index (χ2v) is 5.98. The summed E-state index contributed by atoms with van der Waals surface area (Å²) in [7, 11) is 1.59. The van der Waals surface area contributed by atoms with Crippen LogP contribution in [0.15, 0.2) is 29.3 Å². The molecule has 1 aliphatic rings. The lowest BCUT2D eigenvalue weighted by Gasteiger charge is -2.31. The fourth-order valence-electron chi connectivity index (χ4n) is 2.94. The number of nitrogens with zero attached hydrogens (tertiary/aromatic N) is 2. The number of hydrogen-bond donors (Lipinski definition) is 2. The van der Waals surface area contributed by atoms with E-state index in [0.717, 1.165) is 5.56 Å². The molecule has 1 aromatic carbocycles. The monoisotopic (exact) mass is 338 g/mol. The second kappa shape index (κ2) is 8.04. The predicted molar refractivity (Wildman–Crippen MR) is 86.3 cm³/mol. The summed E-state index contributed by atoms with van der Waals surface area (Å²) in [6.07, 6.45) is -2.59. The van der Waals surface area contributed by atoms with Crippen molar-refractivity contribution in [1.29, 1.82) is 5.26 Å². The van der Waals surface area contributed by atoms with E-state index in [1.807, 2.05) is 6.07 Å². The lowest BCUT2D eigenvalue weighted by Crippen LogP contribution is -2.46. The van der Waals surface area contributed by atoms with Crippen molar-refractivity contribution >= 4 is 5.96 Å². The number of aliphatic imine (C=N–C) groups is 1. The summed E-state index contributed by atoms with van der Waals surface area (Å²) in [5.41, 5.74) is 1.48. The van der Waals surface area contributed by atoms with Crippen molar-refractivity contribution in [3.8, 4) is 6.07 Å². The fourth-order valence-corrected chi connectivity index (χ4v) is 2.94. The average molecular weight is 338 g/mol. The van der Waals surface area contributed by atoms with Gasteiger partial charge in [-0.3, -0.25) is 4.99 Å². The number of nitriles is 1. The van der Waals surface area contributed by atoms with E-state index in [0.29, 0.717) is 30.9 Å². The molecule has 0 bridgehead atoms. The quantitative estimate of drug-likeness (QED) is 0.656. The van der Waals surface area contributed by atoms with Gasteiger partial charge in [0.15, 0.2) is 5.96 Å². The van der Waals surface area contributed by atoms with E-state index < -0.39 is 12.1 Å². The zero-order valence-corrected chi connectivity index (χ0v) is 13.5. The minimum absolute atomic E-state index is 0.0775. The normalized spacial score (nSPS) is 21.9. The first-order chi connectivity index (χ1) is 11.4. The first-order valence-electron chi connectivity index (χ1n) is 7.95. The third-order valence-electron chi connectivity index (χ3n) is 4.22. The molecular weight excluding hydrogens is 317 g/mol. The van der Waals surface area contributed by atoms with Crippen molar-refractivity contribution in [2.24, 2.45) is 10.9 Å². The minimum atomic E-state index is -4.13. The smallest absolute Gasteiger partial charge is 0.354 e. The Hall–Kier alpha value is -2.23. The molecule has 0 spiro atoms. The van der Waals surface area contributed by atoms with Crippen LogP contribution < -0.4 is 10.6 Å². The van der Waals surface area contributed by atoms with Crippen molar-refractivity contribution in [1.82, 2.24) is 10.6 Å². The molecule has 0 radical (unpaired) electrons. The molecular formula is C17H21F3N4. The Labute approximate surface area is 139 Å². The molecule has 0 heterocycles. The number of alkyl halides is 3. The molecule has 1 fully saturated rings. The lowest BCUT2D eigenvalue weighted by atomic mass is 9.85. The molecule has 0 saturated heterocycles. The molecule has 130 valence electrons. The van der Waals surface area contributed by atoms with Crippen molar-refractivity contribution in [3.05, 3.63) is 35.4 Å². The van der Waals surface area contributed by atoms with E-state index >= 15 is 0 Å². The SMILES string of the molecule is CN=C(NCc1cccc(C#N)c1)NC1CCCC(C(F)(F)F)C1. The number of hydrogen-bond acceptors (Lipinski definition) is 2. The molecule has 0 aliphatic heterocycles. The first-order valence-corrected chi connectivity index (χ1v) is 7.95. The number of nitrogens with one attached hydrogen (secondary N) is 2. The summed E-state index contributed by atoms with van der Waals surface area (Å²) < 4.78 is 38.6. The van der Waals surface area contributed by atoms with E-state index in [9.17, 15) is 13.2 Å². The van der Waals surface area contributed by atoms with Crippen LogP contribution in [0.25, 0.3) is 0 Å². The van der Waals surface area contributed by atoms with Crippen LogP contribution in [0.5, 0.6) is 0 Å². The average Bonchev–Trinajstić information content (AvgIpc) is 2.58. The van der Waals surface area contributed by atoms with Gasteiger partial charge in [-0.05, 0) is 37.0 Å². The Balaban J connectivity index is 1.89. The van der Waals surface area contributed by atoms with E-state index in [-0.39, 0.29) is 18.9 Å². The van der Waals surface area contributed by atoms with Gasteiger partial charge in [-0.15, -0.1) is 0 Å². The summed E-state index contributed by atoms with van der Waals surface area (Å²) in [4.78, 5) is 4.08. The molecule has 4 nitrogen and oxygen atoms in total. The summed E-state index contributed by atoms with van der Waals surface area (Å²) >= 11 is 0. The van der Waals surface area contributed by atoms with Crippen LogP contribution in [0.4, 0.5) is 13.2 Å². The van der Waals surface area contributed by atoms with Gasteiger partial charge in [0.25, 0.3) is 0 Å². The second-order valence-electron chi connectivity index (χ2n) is 5.98. The molecule has 1 saturated carbocycles. The third-order valence-corrected chi connectivity index (χ3v) is 4.22. The Bertz CT molecular complexity index is 619. The highest BCUT2D eigenvalue weighted by Crippen LogP contribution is 2.37. The summed E-state index contributed by atoms with van der Waals surface area (Å²) in [5.74, 6) is -0.764. The van der Waals surface area contributed by atoms with Crippen LogP contribution in [-0.2, 0) is 6.54 Å². The van der Waals surface area contributed by atoms with Crippen LogP contribution >= 0.6 is 0 Å². The van der Waals surface area contributed by atoms with Gasteiger partial charge in [0.1, 0.15) is 0 Å². The predicted octanol–water partition coefficient (Wildman–Crippen LogP) is 3.34. The van der Waals surface area contributed by atoms with Crippen molar-refractivity contribution in [3.63, 3.8) is 0 Å². The molecule has 2 N–H and O–H groups in total. The van der Waals surface area contributed by atoms with Crippen molar-refractivity contribution < 1.29 is 13.2 Å². The topological polar surface area (TPSA) is 60.2 Å². The van der Waals surface area contributed by atoms with E-state index in [1.54, 1.807) is 25.2 Å². The molecule has 2 unspecified atom stereocenters. The van der Waals surface area contributed by atoms with E-state index in [4.69, 9.17) is 5.26 Å². The van der Waals surface area contributed by atoms with Gasteiger partial charge in [-0.25, -0.2) is 0 Å². The van der Waals surface area contributed by atoms with Crippen LogP contribution in [0, 0.1) is 17.2 Å². The maximum atomic E-state index is 12.9. The fraction of sp³-hybridized carbons (Fsp3) is 0.529. The minimum Gasteiger partial charge on any atom is -0.354 e. The molecule has 2 atom stereocenters. The first kappa shape index (κ1) is 18.1. The zero-order valence-electron chi connectivity index (χ0n) is 13.5. The molecule has 0 aromatic heterocycles. The molecule has 0 amide bonds. The van der Waals surface area contributed by atoms with Crippen LogP contribution in [0.1, 0.15) is 36.8 Å². The Morgan fingerprint density at radius 1 is 1.38 bits per heavy atom. The van der Waals surface area contributed by atoms with Crippen LogP contribution in [0.3, 0.4) is 0 Å². The van der Waals surface area contributed by atoms with Crippen LogP contribution in [-0.4, -0.2) is 25.2 Å². The van der Waals surface area contributed by atoms with E-state index in [1.165, 1.54) is 0 Å². The summed E-state index contributed by atoms with van der Waals surface area (Å²) in [6, 6.07) is 8.99. The Kier molecular flexibility index (Phi) is 6.07. The Morgan fingerprint density at radius 2 is 2.17 bits per heavy atom. The summed E-state index contributed by atoms with van der Waals surface area (Å²) in [6.45, 7) is 0.449. The standard InChI is InChI=1S/C17H21F3N4/c1-22-16(23-11-13-5-2-4-12(8-13)10-21)24-15-7-3-6-14(9-15)17(18,19)20/h2,4-5,8,14-15H,3,6-7,9,11H2,1H3,(H2,22,23,24). The summed E-state index contributed by atoms with van der Waals surface area (Å²) in [5, 5.41) is 15.1. The number of rotatable bonds is 3. The molecule has 2 rings (SSSR count). The van der Waals surface area contributed by atoms with Crippen molar-refractivity contribution in [2.45, 2.75) is 44.4 Å². The van der Waals surface area contributed by atoms with Gasteiger partial charge in [-0.1, -0.05) is 18.6 Å². The van der Waals surface area contributed by atoms with Gasteiger partial charge < -0.3 is 10.6 Å². The molecule has 24 heavy (non-hydrogen) atoms. The lowest BCUT2D eigenvalue weighted by molar-refractivity contribution is -0.183. The molecule has 7 heteroatoms. The van der Waals surface area contributed by atoms with Gasteiger partial charge >= 0.3 is 6.18 Å². The Morgan fingerprint density at radius 3 is 2.83 bits per heavy atom. The molecule has 1 aromatic rings. The number of guanidine groups is 1. The largest absolute Gasteiger partial charge is 0.391 e. The number of benzene rings is 1. The number of halogens is 3. The highest BCUT2D eigenvalue weighted by atomic mass is 19.4. The van der Waals surface area contributed by atoms with E-state index in [2.05, 4.69) is 21.7 Å². The van der Waals surface area contributed by atoms with Gasteiger partial charge in [-0.2, -0.15) is 18.4 Å². The maximum absolute atomic E-state index is 12.9. The highest BCUT2D eigenvalue weighted by Gasteiger charge is 2.42. The highest BCUT2D eigenvalue weighted by molar-refractivity contribution is 5.79.